The number of rotatable bonds is 5. The van der Waals surface area contributed by atoms with Crippen LogP contribution in [0.2, 0.25) is 0 Å². The minimum absolute atomic E-state index is 0.882. The number of hydrogen-bond donors (Lipinski definition) is 1. The van der Waals surface area contributed by atoms with Gasteiger partial charge in [-0.05, 0) is 19.7 Å². The number of furan rings is 1. The van der Waals surface area contributed by atoms with Crippen LogP contribution in [0.4, 0.5) is 0 Å². The Balaban J connectivity index is 1.80. The van der Waals surface area contributed by atoms with Crippen molar-refractivity contribution in [2.24, 2.45) is 0 Å². The van der Waals surface area contributed by atoms with Crippen LogP contribution in [0.1, 0.15) is 18.2 Å². The molecular weight excluding hydrogens is 214 g/mol. The van der Waals surface area contributed by atoms with Gasteiger partial charge in [-0.3, -0.25) is 4.90 Å². The topological polar surface area (TPSA) is 31.6 Å². The molecule has 2 rings (SSSR count). The zero-order chi connectivity index (χ0) is 12.1. The zero-order valence-corrected chi connectivity index (χ0v) is 10.9. The Morgan fingerprint density at radius 3 is 2.59 bits per heavy atom. The molecule has 1 aliphatic rings. The van der Waals surface area contributed by atoms with E-state index in [1.807, 2.05) is 13.3 Å². The van der Waals surface area contributed by atoms with E-state index in [1.54, 1.807) is 0 Å². The summed E-state index contributed by atoms with van der Waals surface area (Å²) in [6, 6.07) is 2.16. The average molecular weight is 237 g/mol. The maximum Gasteiger partial charge on any atom is 0.118 e. The lowest BCUT2D eigenvalue weighted by molar-refractivity contribution is 0.125. The standard InChI is InChI=1S/C13H23N3O/c1-3-15-4-6-16(7-5-15)10-13-8-12(9-14-2)11-17-13/h8,11,14H,3-7,9-10H2,1-2H3. The third-order valence-electron chi connectivity index (χ3n) is 3.38. The number of hydrogen-bond acceptors (Lipinski definition) is 4. The van der Waals surface area contributed by atoms with Gasteiger partial charge in [0.05, 0.1) is 12.8 Å². The van der Waals surface area contributed by atoms with Gasteiger partial charge in [-0.25, -0.2) is 0 Å². The van der Waals surface area contributed by atoms with Crippen molar-refractivity contribution in [1.82, 2.24) is 15.1 Å². The molecule has 0 saturated carbocycles. The lowest BCUT2D eigenvalue weighted by atomic mass is 10.2. The molecule has 4 nitrogen and oxygen atoms in total. The highest BCUT2D eigenvalue weighted by atomic mass is 16.3. The smallest absolute Gasteiger partial charge is 0.118 e. The predicted molar refractivity (Wildman–Crippen MR) is 68.9 cm³/mol. The van der Waals surface area contributed by atoms with Crippen LogP contribution in [0.5, 0.6) is 0 Å². The lowest BCUT2D eigenvalue weighted by Gasteiger charge is -2.33. The van der Waals surface area contributed by atoms with Gasteiger partial charge < -0.3 is 14.6 Å². The van der Waals surface area contributed by atoms with E-state index in [1.165, 1.54) is 25.2 Å². The third-order valence-corrected chi connectivity index (χ3v) is 3.38. The maximum absolute atomic E-state index is 5.58. The van der Waals surface area contributed by atoms with Crippen LogP contribution in [-0.4, -0.2) is 49.6 Å². The highest BCUT2D eigenvalue weighted by Crippen LogP contribution is 2.12. The minimum Gasteiger partial charge on any atom is -0.468 e. The molecule has 0 bridgehead atoms. The molecule has 1 saturated heterocycles. The fraction of sp³-hybridized carbons (Fsp3) is 0.692. The fourth-order valence-corrected chi connectivity index (χ4v) is 2.29. The van der Waals surface area contributed by atoms with Crippen LogP contribution < -0.4 is 5.32 Å². The van der Waals surface area contributed by atoms with Crippen LogP contribution in [-0.2, 0) is 13.1 Å². The van der Waals surface area contributed by atoms with Crippen molar-refractivity contribution in [3.05, 3.63) is 23.7 Å². The van der Waals surface area contributed by atoms with E-state index in [4.69, 9.17) is 4.42 Å². The summed E-state index contributed by atoms with van der Waals surface area (Å²) in [5.41, 5.74) is 1.23. The summed E-state index contributed by atoms with van der Waals surface area (Å²) < 4.78 is 5.58. The SMILES string of the molecule is CCN1CCN(Cc2cc(CNC)co2)CC1. The van der Waals surface area contributed by atoms with Crippen LogP contribution in [0.3, 0.4) is 0 Å². The number of likely N-dealkylation sites (N-methyl/N-ethyl adjacent to an activating group) is 1. The summed E-state index contributed by atoms with van der Waals surface area (Å²) >= 11 is 0. The monoisotopic (exact) mass is 237 g/mol. The minimum atomic E-state index is 0.882. The molecule has 1 N–H and O–H groups in total. The Hall–Kier alpha value is -0.840. The van der Waals surface area contributed by atoms with Crippen molar-refractivity contribution in [1.29, 1.82) is 0 Å². The first-order chi connectivity index (χ1) is 8.31. The zero-order valence-electron chi connectivity index (χ0n) is 10.9. The van der Waals surface area contributed by atoms with E-state index >= 15 is 0 Å². The van der Waals surface area contributed by atoms with Gasteiger partial charge in [0.1, 0.15) is 5.76 Å². The number of piperazine rings is 1. The van der Waals surface area contributed by atoms with Crippen LogP contribution >= 0.6 is 0 Å². The summed E-state index contributed by atoms with van der Waals surface area (Å²) in [4.78, 5) is 4.96. The molecule has 4 heteroatoms. The van der Waals surface area contributed by atoms with Crippen molar-refractivity contribution in [2.75, 3.05) is 39.8 Å². The van der Waals surface area contributed by atoms with Crippen LogP contribution in [0.25, 0.3) is 0 Å². The van der Waals surface area contributed by atoms with E-state index < -0.39 is 0 Å². The van der Waals surface area contributed by atoms with Crippen LogP contribution in [0, 0.1) is 0 Å². The van der Waals surface area contributed by atoms with Crippen molar-refractivity contribution in [3.63, 3.8) is 0 Å². The van der Waals surface area contributed by atoms with Crippen molar-refractivity contribution < 1.29 is 4.42 Å². The summed E-state index contributed by atoms with van der Waals surface area (Å²) in [5, 5.41) is 3.13. The van der Waals surface area contributed by atoms with Gasteiger partial charge in [0.2, 0.25) is 0 Å². The first kappa shape index (κ1) is 12.6. The fourth-order valence-electron chi connectivity index (χ4n) is 2.29. The molecule has 1 aromatic heterocycles. The molecule has 0 unspecified atom stereocenters. The van der Waals surface area contributed by atoms with Crippen LogP contribution in [0.15, 0.2) is 16.7 Å². The van der Waals surface area contributed by atoms with E-state index in [2.05, 4.69) is 28.1 Å². The van der Waals surface area contributed by atoms with Gasteiger partial charge in [-0.1, -0.05) is 6.92 Å². The summed E-state index contributed by atoms with van der Waals surface area (Å²) in [7, 11) is 1.96. The van der Waals surface area contributed by atoms with E-state index in [-0.39, 0.29) is 0 Å². The summed E-state index contributed by atoms with van der Waals surface area (Å²) in [6.45, 7) is 9.88. The van der Waals surface area contributed by atoms with Gasteiger partial charge >= 0.3 is 0 Å². The Morgan fingerprint density at radius 2 is 1.94 bits per heavy atom. The van der Waals surface area contributed by atoms with Gasteiger partial charge in [0.15, 0.2) is 0 Å². The highest BCUT2D eigenvalue weighted by molar-refractivity contribution is 5.12. The molecule has 0 amide bonds. The van der Waals surface area contributed by atoms with Gasteiger partial charge in [-0.15, -0.1) is 0 Å². The molecular formula is C13H23N3O. The molecule has 1 aliphatic heterocycles. The van der Waals surface area contributed by atoms with Gasteiger partial charge in [0, 0.05) is 38.3 Å². The first-order valence-corrected chi connectivity index (χ1v) is 6.47. The van der Waals surface area contributed by atoms with Gasteiger partial charge in [0.25, 0.3) is 0 Å². The average Bonchev–Trinajstić information content (AvgIpc) is 2.78. The molecule has 0 atom stereocenters. The Labute approximate surface area is 104 Å². The van der Waals surface area contributed by atoms with E-state index in [9.17, 15) is 0 Å². The second kappa shape index (κ2) is 6.19. The molecule has 17 heavy (non-hydrogen) atoms. The van der Waals surface area contributed by atoms with Crippen molar-refractivity contribution >= 4 is 0 Å². The molecule has 0 aliphatic carbocycles. The predicted octanol–water partition coefficient (Wildman–Crippen LogP) is 1.14. The second-order valence-electron chi connectivity index (χ2n) is 4.66. The quantitative estimate of drug-likeness (QED) is 0.832. The Bertz CT molecular complexity index is 329. The largest absolute Gasteiger partial charge is 0.468 e. The molecule has 2 heterocycles. The lowest BCUT2D eigenvalue weighted by Crippen LogP contribution is -2.45. The number of nitrogens with one attached hydrogen (secondary N) is 1. The number of nitrogens with zero attached hydrogens (tertiary/aromatic N) is 2. The van der Waals surface area contributed by atoms with Crippen molar-refractivity contribution in [3.8, 4) is 0 Å². The molecule has 1 aromatic rings. The molecule has 96 valence electrons. The highest BCUT2D eigenvalue weighted by Gasteiger charge is 2.16. The summed E-state index contributed by atoms with van der Waals surface area (Å²) in [5.74, 6) is 1.08. The molecule has 1 fully saturated rings. The van der Waals surface area contributed by atoms with E-state index in [0.717, 1.165) is 31.9 Å². The Kier molecular flexibility index (Phi) is 4.59. The van der Waals surface area contributed by atoms with Crippen molar-refractivity contribution in [2.45, 2.75) is 20.0 Å². The normalized spacial score (nSPS) is 18.7. The molecule has 0 radical (unpaired) electrons. The first-order valence-electron chi connectivity index (χ1n) is 6.47. The Morgan fingerprint density at radius 1 is 1.24 bits per heavy atom. The van der Waals surface area contributed by atoms with E-state index in [0.29, 0.717) is 0 Å². The molecule has 0 aromatic carbocycles. The van der Waals surface area contributed by atoms with Gasteiger partial charge in [-0.2, -0.15) is 0 Å². The summed E-state index contributed by atoms with van der Waals surface area (Å²) in [6.07, 6.45) is 1.86. The second-order valence-corrected chi connectivity index (χ2v) is 4.66. The maximum atomic E-state index is 5.58. The third kappa shape index (κ3) is 3.56. The molecule has 0 spiro atoms.